The zero-order valence-corrected chi connectivity index (χ0v) is 8.05. The van der Waals surface area contributed by atoms with Crippen molar-refractivity contribution in [2.45, 2.75) is 0 Å². The molecule has 1 rings (SSSR count). The maximum absolute atomic E-state index is 13.2. The van der Waals surface area contributed by atoms with Gasteiger partial charge in [-0.05, 0) is 12.1 Å². The Morgan fingerprint density at radius 1 is 1.53 bits per heavy atom. The third kappa shape index (κ3) is 2.64. The zero-order chi connectivity index (χ0) is 11.6. The molecule has 0 amide bonds. The van der Waals surface area contributed by atoms with Crippen LogP contribution in [-0.4, -0.2) is 19.8 Å². The van der Waals surface area contributed by atoms with E-state index in [4.69, 9.17) is 15.4 Å². The van der Waals surface area contributed by atoms with Gasteiger partial charge < -0.3 is 10.8 Å². The minimum absolute atomic E-state index is 0.276. The first-order valence-electron chi connectivity index (χ1n) is 3.61. The second kappa shape index (κ2) is 4.24. The summed E-state index contributed by atoms with van der Waals surface area (Å²) in [4.78, 5) is 10.6. The van der Waals surface area contributed by atoms with Crippen molar-refractivity contribution in [3.8, 4) is 0 Å². The fourth-order valence-corrected chi connectivity index (χ4v) is 1.28. The molecule has 0 saturated heterocycles. The first-order valence-corrected chi connectivity index (χ1v) is 4.72. The highest BCUT2D eigenvalue weighted by Crippen LogP contribution is 2.23. The zero-order valence-electron chi connectivity index (χ0n) is 7.23. The van der Waals surface area contributed by atoms with Gasteiger partial charge in [0.1, 0.15) is 0 Å². The largest absolute Gasteiger partial charge is 0.478 e. The van der Waals surface area contributed by atoms with E-state index in [0.717, 1.165) is 12.1 Å². The van der Waals surface area contributed by atoms with E-state index in [9.17, 15) is 13.4 Å². The van der Waals surface area contributed by atoms with Gasteiger partial charge in [-0.2, -0.15) is 0 Å². The third-order valence-corrected chi connectivity index (χ3v) is 1.94. The van der Waals surface area contributed by atoms with Gasteiger partial charge in [0.2, 0.25) is 0 Å². The normalized spacial score (nSPS) is 12.1. The molecule has 8 heteroatoms. The van der Waals surface area contributed by atoms with Crippen LogP contribution in [0.2, 0.25) is 0 Å². The van der Waals surface area contributed by atoms with Crippen LogP contribution < -0.4 is 10.5 Å². The lowest BCUT2D eigenvalue weighted by Gasteiger charge is -2.06. The lowest BCUT2D eigenvalue weighted by atomic mass is 10.1. The van der Waals surface area contributed by atoms with Gasteiger partial charge in [-0.3, -0.25) is 9.27 Å². The number of aromatic carboxylic acids is 1. The van der Waals surface area contributed by atoms with Gasteiger partial charge in [-0.25, -0.2) is 13.4 Å². The Morgan fingerprint density at radius 2 is 2.13 bits per heavy atom. The number of nitrogens with one attached hydrogen (secondary N) is 1. The molecule has 1 aromatic carbocycles. The predicted molar refractivity (Wildman–Crippen MR) is 52.2 cm³/mol. The minimum Gasteiger partial charge on any atom is -0.478 e. The smallest absolute Gasteiger partial charge is 0.335 e. The third-order valence-electron chi connectivity index (χ3n) is 1.54. The molecule has 0 saturated carbocycles. The molecule has 15 heavy (non-hydrogen) atoms. The van der Waals surface area contributed by atoms with E-state index in [0.29, 0.717) is 0 Å². The number of nitrogens with two attached hydrogens (primary N) is 1. The Bertz CT molecular complexity index is 437. The topological polar surface area (TPSA) is 113 Å². The molecule has 5 N–H and O–H groups in total. The highest BCUT2D eigenvalue weighted by molar-refractivity contribution is 7.80. The molecule has 1 aromatic rings. The Hall–Kier alpha value is -1.67. The second-order valence-electron chi connectivity index (χ2n) is 2.58. The van der Waals surface area contributed by atoms with Gasteiger partial charge in [0.25, 0.3) is 11.3 Å². The second-order valence-corrected chi connectivity index (χ2v) is 3.29. The molecule has 0 fully saturated rings. The summed E-state index contributed by atoms with van der Waals surface area (Å²) in [5.41, 5.74) is 4.05. The monoisotopic (exact) mass is 234 g/mol. The molecule has 1 unspecified atom stereocenters. The summed E-state index contributed by atoms with van der Waals surface area (Å²) in [5.74, 6) is -2.28. The van der Waals surface area contributed by atoms with Crippen LogP contribution in [0.1, 0.15) is 10.4 Å². The van der Waals surface area contributed by atoms with Gasteiger partial charge in [0.05, 0.1) is 16.9 Å². The van der Waals surface area contributed by atoms with Gasteiger partial charge >= 0.3 is 5.97 Å². The molecular formula is C7H7FN2O4S. The van der Waals surface area contributed by atoms with Gasteiger partial charge in [-0.15, -0.1) is 0 Å². The standard InChI is InChI=1S/C7H7FN2O4S/c8-6-4(9)1-3(7(11)12)2-5(6)10-15(13)14/h1-2,10H,9H2,(H,11,12)(H,13,14). The molecule has 0 aliphatic heterocycles. The number of carboxylic acid groups (broad SMARTS) is 1. The van der Waals surface area contributed by atoms with Crippen molar-refractivity contribution in [2.24, 2.45) is 0 Å². The van der Waals surface area contributed by atoms with E-state index in [-0.39, 0.29) is 5.56 Å². The fraction of sp³-hybridized carbons (Fsp3) is 0. The van der Waals surface area contributed by atoms with E-state index in [1.807, 2.05) is 4.72 Å². The number of halogens is 1. The van der Waals surface area contributed by atoms with E-state index >= 15 is 0 Å². The van der Waals surface area contributed by atoms with Crippen LogP contribution >= 0.6 is 0 Å². The van der Waals surface area contributed by atoms with Crippen LogP contribution in [0.4, 0.5) is 15.8 Å². The molecule has 0 spiro atoms. The van der Waals surface area contributed by atoms with E-state index in [1.54, 1.807) is 0 Å². The maximum atomic E-state index is 13.2. The molecule has 6 nitrogen and oxygen atoms in total. The molecular weight excluding hydrogens is 227 g/mol. The van der Waals surface area contributed by atoms with Crippen molar-refractivity contribution >= 4 is 28.6 Å². The lowest BCUT2D eigenvalue weighted by molar-refractivity contribution is 0.0697. The fourth-order valence-electron chi connectivity index (χ4n) is 0.939. The average molecular weight is 234 g/mol. The van der Waals surface area contributed by atoms with Gasteiger partial charge in [0.15, 0.2) is 5.82 Å². The summed E-state index contributed by atoms with van der Waals surface area (Å²) in [6.07, 6.45) is 0. The van der Waals surface area contributed by atoms with Crippen LogP contribution in [0.3, 0.4) is 0 Å². The first kappa shape index (κ1) is 11.4. The van der Waals surface area contributed by atoms with Gasteiger partial charge in [-0.1, -0.05) is 0 Å². The molecule has 0 aliphatic rings. The summed E-state index contributed by atoms with van der Waals surface area (Å²) in [7, 11) is 0. The summed E-state index contributed by atoms with van der Waals surface area (Å²) in [6, 6.07) is 1.80. The van der Waals surface area contributed by atoms with Crippen molar-refractivity contribution in [2.75, 3.05) is 10.5 Å². The van der Waals surface area contributed by atoms with E-state index < -0.39 is 34.4 Å². The molecule has 82 valence electrons. The van der Waals surface area contributed by atoms with Crippen LogP contribution in [0.15, 0.2) is 12.1 Å². The number of benzene rings is 1. The number of rotatable bonds is 3. The number of hydrogen-bond donors (Lipinski definition) is 4. The van der Waals surface area contributed by atoms with Gasteiger partial charge in [0, 0.05) is 0 Å². The number of hydrogen-bond acceptors (Lipinski definition) is 3. The summed E-state index contributed by atoms with van der Waals surface area (Å²) in [5, 5.41) is 8.61. The molecule has 0 bridgehead atoms. The maximum Gasteiger partial charge on any atom is 0.335 e. The van der Waals surface area contributed by atoms with E-state index in [2.05, 4.69) is 0 Å². The summed E-state index contributed by atoms with van der Waals surface area (Å²) >= 11 is -2.50. The molecule has 0 radical (unpaired) electrons. The van der Waals surface area contributed by atoms with Crippen LogP contribution in [-0.2, 0) is 11.3 Å². The van der Waals surface area contributed by atoms with Crippen LogP contribution in [0.25, 0.3) is 0 Å². The molecule has 1 atom stereocenters. The SMILES string of the molecule is Nc1cc(C(=O)O)cc(NS(=O)O)c1F. The summed E-state index contributed by atoms with van der Waals surface area (Å²) < 4.78 is 33.8. The van der Waals surface area contributed by atoms with Crippen molar-refractivity contribution in [3.05, 3.63) is 23.5 Å². The molecule has 0 heterocycles. The Balaban J connectivity index is 3.24. The molecule has 0 aromatic heterocycles. The van der Waals surface area contributed by atoms with Crippen LogP contribution in [0.5, 0.6) is 0 Å². The average Bonchev–Trinajstić information content (AvgIpc) is 2.11. The predicted octanol–water partition coefficient (Wildman–Crippen LogP) is 0.655. The Morgan fingerprint density at radius 3 is 2.60 bits per heavy atom. The van der Waals surface area contributed by atoms with Crippen molar-refractivity contribution < 1.29 is 23.1 Å². The Labute approximate surface area is 86.3 Å². The van der Waals surface area contributed by atoms with Crippen molar-refractivity contribution in [1.82, 2.24) is 0 Å². The number of carboxylic acids is 1. The quantitative estimate of drug-likeness (QED) is 0.453. The highest BCUT2D eigenvalue weighted by Gasteiger charge is 2.13. The van der Waals surface area contributed by atoms with Crippen LogP contribution in [0, 0.1) is 5.82 Å². The highest BCUT2D eigenvalue weighted by atomic mass is 32.2. The Kier molecular flexibility index (Phi) is 3.22. The first-order chi connectivity index (χ1) is 6.91. The number of nitrogen functional groups attached to an aromatic ring is 1. The number of anilines is 2. The van der Waals surface area contributed by atoms with Crippen molar-refractivity contribution in [3.63, 3.8) is 0 Å². The summed E-state index contributed by atoms with van der Waals surface area (Å²) in [6.45, 7) is 0. The van der Waals surface area contributed by atoms with Crippen molar-refractivity contribution in [1.29, 1.82) is 0 Å². The number of carbonyl (C=O) groups is 1. The van der Waals surface area contributed by atoms with E-state index in [1.165, 1.54) is 0 Å². The molecule has 0 aliphatic carbocycles. The lowest BCUT2D eigenvalue weighted by Crippen LogP contribution is -2.08. The minimum atomic E-state index is -2.50.